The summed E-state index contributed by atoms with van der Waals surface area (Å²) in [6.07, 6.45) is 1.46. The standard InChI is InChI=1S/C19H24N2O5S/c1-5-20(6-2)14-9-8-13(15(22)11-14)10-16-17(23)21(19(25)27-16)12(4)18(24)26-7-3/h8-12,22H,5-7H2,1-4H3/b16-10+/t12-/m0/s1. The molecule has 1 atom stereocenters. The predicted molar refractivity (Wildman–Crippen MR) is 106 cm³/mol. The van der Waals surface area contributed by atoms with Crippen molar-refractivity contribution in [1.82, 2.24) is 4.90 Å². The van der Waals surface area contributed by atoms with Crippen LogP contribution in [0.5, 0.6) is 5.75 Å². The maximum Gasteiger partial charge on any atom is 0.329 e. The number of esters is 1. The Morgan fingerprint density at radius 2 is 1.96 bits per heavy atom. The molecule has 27 heavy (non-hydrogen) atoms. The summed E-state index contributed by atoms with van der Waals surface area (Å²) in [7, 11) is 0. The highest BCUT2D eigenvalue weighted by Crippen LogP contribution is 2.36. The molecule has 1 heterocycles. The minimum absolute atomic E-state index is 0.0182. The molecular weight excluding hydrogens is 368 g/mol. The molecule has 146 valence electrons. The summed E-state index contributed by atoms with van der Waals surface area (Å²) in [6, 6.07) is 4.18. The van der Waals surface area contributed by atoms with Crippen molar-refractivity contribution in [1.29, 1.82) is 0 Å². The van der Waals surface area contributed by atoms with Crippen molar-refractivity contribution in [3.8, 4) is 5.75 Å². The van der Waals surface area contributed by atoms with Gasteiger partial charge in [0.1, 0.15) is 11.8 Å². The normalized spacial score (nSPS) is 16.7. The number of aromatic hydroxyl groups is 1. The highest BCUT2D eigenvalue weighted by atomic mass is 32.2. The third-order valence-electron chi connectivity index (χ3n) is 4.27. The maximum absolute atomic E-state index is 12.6. The molecule has 0 unspecified atom stereocenters. The number of phenols is 1. The average molecular weight is 392 g/mol. The summed E-state index contributed by atoms with van der Waals surface area (Å²) in [5, 5.41) is 9.78. The van der Waals surface area contributed by atoms with E-state index in [0.29, 0.717) is 5.56 Å². The Balaban J connectivity index is 2.26. The highest BCUT2D eigenvalue weighted by Gasteiger charge is 2.41. The van der Waals surface area contributed by atoms with Crippen molar-refractivity contribution >= 4 is 40.6 Å². The molecule has 7 nitrogen and oxygen atoms in total. The van der Waals surface area contributed by atoms with Crippen LogP contribution in [0.25, 0.3) is 6.08 Å². The molecule has 0 saturated carbocycles. The molecular formula is C19H24N2O5S. The van der Waals surface area contributed by atoms with Crippen molar-refractivity contribution in [2.75, 3.05) is 24.6 Å². The van der Waals surface area contributed by atoms with Gasteiger partial charge in [-0.25, -0.2) is 4.79 Å². The van der Waals surface area contributed by atoms with E-state index in [1.165, 1.54) is 13.0 Å². The Morgan fingerprint density at radius 1 is 1.30 bits per heavy atom. The minimum atomic E-state index is -0.998. The third kappa shape index (κ3) is 4.44. The van der Waals surface area contributed by atoms with Crippen LogP contribution in [-0.4, -0.2) is 52.9 Å². The van der Waals surface area contributed by atoms with E-state index in [-0.39, 0.29) is 17.3 Å². The van der Waals surface area contributed by atoms with Crippen LogP contribution in [0.3, 0.4) is 0 Å². The van der Waals surface area contributed by atoms with E-state index in [0.717, 1.165) is 35.4 Å². The smallest absolute Gasteiger partial charge is 0.329 e. The van der Waals surface area contributed by atoms with E-state index in [4.69, 9.17) is 4.74 Å². The topological polar surface area (TPSA) is 87.2 Å². The fourth-order valence-corrected chi connectivity index (χ4v) is 3.66. The highest BCUT2D eigenvalue weighted by molar-refractivity contribution is 8.18. The maximum atomic E-state index is 12.6. The lowest BCUT2D eigenvalue weighted by molar-refractivity contribution is -0.150. The van der Waals surface area contributed by atoms with E-state index in [9.17, 15) is 19.5 Å². The number of anilines is 1. The fourth-order valence-electron chi connectivity index (χ4n) is 2.76. The van der Waals surface area contributed by atoms with E-state index in [2.05, 4.69) is 4.90 Å². The van der Waals surface area contributed by atoms with Gasteiger partial charge in [0.05, 0.1) is 11.5 Å². The Morgan fingerprint density at radius 3 is 2.52 bits per heavy atom. The number of ether oxygens (including phenoxy) is 1. The molecule has 1 aliphatic rings. The Hall–Kier alpha value is -2.48. The number of phenolic OH excluding ortho intramolecular Hbond substituents is 1. The van der Waals surface area contributed by atoms with Crippen LogP contribution >= 0.6 is 11.8 Å². The molecule has 1 aromatic rings. The summed E-state index contributed by atoms with van der Waals surface area (Å²) in [4.78, 5) is 39.7. The van der Waals surface area contributed by atoms with Gasteiger partial charge in [-0.3, -0.25) is 14.5 Å². The SMILES string of the molecule is CCOC(=O)[C@H](C)N1C(=O)S/C(=C/c2ccc(N(CC)CC)cc2O)C1=O. The van der Waals surface area contributed by atoms with Gasteiger partial charge in [-0.15, -0.1) is 0 Å². The lowest BCUT2D eigenvalue weighted by Gasteiger charge is -2.21. The van der Waals surface area contributed by atoms with Crippen molar-refractivity contribution in [3.63, 3.8) is 0 Å². The third-order valence-corrected chi connectivity index (χ3v) is 5.15. The zero-order chi connectivity index (χ0) is 20.1. The number of carbonyl (C=O) groups is 3. The van der Waals surface area contributed by atoms with Crippen LogP contribution in [0.4, 0.5) is 10.5 Å². The number of nitrogens with zero attached hydrogens (tertiary/aromatic N) is 2. The Bertz CT molecular complexity index is 773. The molecule has 0 aromatic heterocycles. The molecule has 0 radical (unpaired) electrons. The van der Waals surface area contributed by atoms with Crippen LogP contribution in [-0.2, 0) is 14.3 Å². The molecule has 0 spiro atoms. The summed E-state index contributed by atoms with van der Waals surface area (Å²) < 4.78 is 4.88. The monoisotopic (exact) mass is 392 g/mol. The van der Waals surface area contributed by atoms with Gasteiger partial charge >= 0.3 is 5.97 Å². The van der Waals surface area contributed by atoms with Crippen LogP contribution in [0.1, 0.15) is 33.3 Å². The Labute approximate surface area is 163 Å². The van der Waals surface area contributed by atoms with Gasteiger partial charge in [0.2, 0.25) is 0 Å². The zero-order valence-corrected chi connectivity index (χ0v) is 16.7. The van der Waals surface area contributed by atoms with Gasteiger partial charge in [0, 0.05) is 30.4 Å². The first-order valence-electron chi connectivity index (χ1n) is 8.85. The number of rotatable bonds is 7. The van der Waals surface area contributed by atoms with Crippen molar-refractivity contribution < 1.29 is 24.2 Å². The van der Waals surface area contributed by atoms with Crippen LogP contribution in [0, 0.1) is 0 Å². The van der Waals surface area contributed by atoms with Crippen molar-refractivity contribution in [2.24, 2.45) is 0 Å². The summed E-state index contributed by atoms with van der Waals surface area (Å²) in [5.74, 6) is -1.19. The lowest BCUT2D eigenvalue weighted by Crippen LogP contribution is -2.42. The first kappa shape index (κ1) is 20.8. The van der Waals surface area contributed by atoms with E-state index in [1.54, 1.807) is 19.1 Å². The molecule has 8 heteroatoms. The van der Waals surface area contributed by atoms with Crippen LogP contribution < -0.4 is 4.90 Å². The van der Waals surface area contributed by atoms with Gasteiger partial charge < -0.3 is 14.7 Å². The van der Waals surface area contributed by atoms with Gasteiger partial charge in [-0.2, -0.15) is 0 Å². The number of hydrogen-bond donors (Lipinski definition) is 1. The van der Waals surface area contributed by atoms with E-state index >= 15 is 0 Å². The first-order chi connectivity index (χ1) is 12.8. The number of amides is 2. The van der Waals surface area contributed by atoms with Gasteiger partial charge in [0.25, 0.3) is 11.1 Å². The first-order valence-corrected chi connectivity index (χ1v) is 9.67. The molecule has 0 bridgehead atoms. The number of benzene rings is 1. The second kappa shape index (κ2) is 8.94. The van der Waals surface area contributed by atoms with Crippen molar-refractivity contribution in [2.45, 2.75) is 33.7 Å². The quantitative estimate of drug-likeness (QED) is 0.563. The number of hydrogen-bond acceptors (Lipinski definition) is 7. The molecule has 1 fully saturated rings. The molecule has 0 aliphatic carbocycles. The number of imide groups is 1. The van der Waals surface area contributed by atoms with Gasteiger partial charge in [-0.1, -0.05) is 0 Å². The minimum Gasteiger partial charge on any atom is -0.507 e. The van der Waals surface area contributed by atoms with E-state index < -0.39 is 23.2 Å². The average Bonchev–Trinajstić information content (AvgIpc) is 2.91. The van der Waals surface area contributed by atoms with E-state index in [1.807, 2.05) is 19.9 Å². The summed E-state index contributed by atoms with van der Waals surface area (Å²) in [5.41, 5.74) is 1.30. The second-order valence-corrected chi connectivity index (χ2v) is 6.89. The van der Waals surface area contributed by atoms with Crippen molar-refractivity contribution in [3.05, 3.63) is 28.7 Å². The van der Waals surface area contributed by atoms with Gasteiger partial charge in [0.15, 0.2) is 0 Å². The molecule has 1 saturated heterocycles. The summed E-state index contributed by atoms with van der Waals surface area (Å²) in [6.45, 7) is 8.93. The molecule has 1 aliphatic heterocycles. The molecule has 1 N–H and O–H groups in total. The largest absolute Gasteiger partial charge is 0.507 e. The zero-order valence-electron chi connectivity index (χ0n) is 15.9. The lowest BCUT2D eigenvalue weighted by atomic mass is 10.1. The number of carbonyl (C=O) groups excluding carboxylic acids is 3. The molecule has 2 rings (SSSR count). The van der Waals surface area contributed by atoms with Crippen LogP contribution in [0.15, 0.2) is 23.1 Å². The van der Waals surface area contributed by atoms with Crippen LogP contribution in [0.2, 0.25) is 0 Å². The fraction of sp³-hybridized carbons (Fsp3) is 0.421. The predicted octanol–water partition coefficient (Wildman–Crippen LogP) is 3.23. The number of thioether (sulfide) groups is 1. The second-order valence-electron chi connectivity index (χ2n) is 5.90. The molecule has 2 amide bonds. The molecule has 1 aromatic carbocycles. The van der Waals surface area contributed by atoms with Gasteiger partial charge in [-0.05, 0) is 57.7 Å². The Kier molecular flexibility index (Phi) is 6.90. The summed E-state index contributed by atoms with van der Waals surface area (Å²) >= 11 is 0.738.